The number of nitrogens with two attached hydrogens (primary N) is 1. The first kappa shape index (κ1) is 32.3. The highest BCUT2D eigenvalue weighted by Crippen LogP contribution is 2.37. The quantitative estimate of drug-likeness (QED) is 0.110. The van der Waals surface area contributed by atoms with Gasteiger partial charge in [-0.05, 0) is 114 Å². The van der Waals surface area contributed by atoms with Gasteiger partial charge >= 0.3 is 0 Å². The molecule has 0 fully saturated rings. The van der Waals surface area contributed by atoms with Gasteiger partial charge in [0.1, 0.15) is 23.0 Å². The van der Waals surface area contributed by atoms with Crippen molar-refractivity contribution >= 4 is 15.5 Å². The van der Waals surface area contributed by atoms with Gasteiger partial charge in [0.25, 0.3) is 0 Å². The minimum atomic E-state index is -3.75. The molecule has 0 saturated heterocycles. The van der Waals surface area contributed by atoms with Crippen LogP contribution in [-0.4, -0.2) is 8.42 Å². The van der Waals surface area contributed by atoms with E-state index in [4.69, 9.17) is 15.2 Å². The lowest BCUT2D eigenvalue weighted by molar-refractivity contribution is 0.476. The summed E-state index contributed by atoms with van der Waals surface area (Å²) in [5.74, 6) is 2.32. The van der Waals surface area contributed by atoms with Crippen LogP contribution in [0.15, 0.2) is 144 Å². The second kappa shape index (κ2) is 13.5. The molecule has 0 aliphatic carbocycles. The van der Waals surface area contributed by atoms with E-state index in [-0.39, 0.29) is 15.2 Å². The zero-order chi connectivity index (χ0) is 32.9. The molecule has 234 valence electrons. The van der Waals surface area contributed by atoms with E-state index >= 15 is 0 Å². The maximum absolute atomic E-state index is 13.4. The molecule has 0 heterocycles. The van der Waals surface area contributed by atoms with Crippen molar-refractivity contribution in [2.24, 2.45) is 0 Å². The summed E-state index contributed by atoms with van der Waals surface area (Å²) in [6.07, 6.45) is 5.25. The fourth-order valence-electron chi connectivity index (χ4n) is 5.34. The van der Waals surface area contributed by atoms with E-state index < -0.39 is 9.84 Å². The summed E-state index contributed by atoms with van der Waals surface area (Å²) in [5.41, 5.74) is 12.1. The van der Waals surface area contributed by atoms with E-state index in [1.54, 1.807) is 60.7 Å². The van der Waals surface area contributed by atoms with Crippen molar-refractivity contribution < 1.29 is 17.9 Å². The summed E-state index contributed by atoms with van der Waals surface area (Å²) in [7, 11) is -3.75. The molecule has 0 aliphatic rings. The number of ether oxygens (including phenoxy) is 2. The van der Waals surface area contributed by atoms with Gasteiger partial charge < -0.3 is 15.2 Å². The summed E-state index contributed by atoms with van der Waals surface area (Å²) in [5, 5.41) is 0. The molecule has 0 bridgehead atoms. The van der Waals surface area contributed by atoms with E-state index in [2.05, 4.69) is 64.3 Å². The van der Waals surface area contributed by atoms with Crippen LogP contribution in [0.25, 0.3) is 0 Å². The molecule has 5 aromatic rings. The van der Waals surface area contributed by atoms with Crippen LogP contribution in [0.2, 0.25) is 0 Å². The average molecular weight is 630 g/mol. The molecule has 2 N–H and O–H groups in total. The van der Waals surface area contributed by atoms with Crippen molar-refractivity contribution in [2.75, 3.05) is 5.73 Å². The van der Waals surface area contributed by atoms with Gasteiger partial charge in [-0.1, -0.05) is 62.4 Å². The lowest BCUT2D eigenvalue weighted by Gasteiger charge is -2.28. The molecular weight excluding hydrogens is 591 g/mol. The van der Waals surface area contributed by atoms with Crippen LogP contribution in [-0.2, 0) is 28.1 Å². The second-order valence-electron chi connectivity index (χ2n) is 11.8. The molecule has 0 spiro atoms. The van der Waals surface area contributed by atoms with Crippen LogP contribution >= 0.6 is 0 Å². The number of rotatable bonds is 12. The van der Waals surface area contributed by atoms with Crippen LogP contribution in [0.3, 0.4) is 0 Å². The second-order valence-corrected chi connectivity index (χ2v) is 13.7. The van der Waals surface area contributed by atoms with Gasteiger partial charge in [-0.3, -0.25) is 0 Å². The number of benzene rings is 5. The molecule has 0 amide bonds. The van der Waals surface area contributed by atoms with Gasteiger partial charge in [0.2, 0.25) is 9.84 Å². The van der Waals surface area contributed by atoms with Gasteiger partial charge in [-0.15, -0.1) is 13.2 Å². The van der Waals surface area contributed by atoms with Crippen LogP contribution in [0, 0.1) is 6.92 Å². The van der Waals surface area contributed by atoms with E-state index in [1.165, 1.54) is 28.8 Å². The Balaban J connectivity index is 1.34. The Bertz CT molecular complexity index is 1980. The topological polar surface area (TPSA) is 78.6 Å². The first-order valence-electron chi connectivity index (χ1n) is 15.1. The Kier molecular flexibility index (Phi) is 9.49. The minimum absolute atomic E-state index is 0.165. The van der Waals surface area contributed by atoms with Crippen LogP contribution < -0.4 is 15.2 Å². The highest BCUT2D eigenvalue weighted by molar-refractivity contribution is 7.91. The number of aryl methyl sites for hydroxylation is 1. The van der Waals surface area contributed by atoms with Gasteiger partial charge in [-0.2, -0.15) is 0 Å². The van der Waals surface area contributed by atoms with Crippen molar-refractivity contribution in [3.05, 3.63) is 162 Å². The lowest BCUT2D eigenvalue weighted by atomic mass is 9.76. The Labute approximate surface area is 272 Å². The van der Waals surface area contributed by atoms with Gasteiger partial charge in [0, 0.05) is 17.2 Å². The number of hydrogen-bond acceptors (Lipinski definition) is 5. The number of nitrogen functional groups attached to an aromatic ring is 1. The van der Waals surface area contributed by atoms with Crippen molar-refractivity contribution in [2.45, 2.75) is 48.8 Å². The van der Waals surface area contributed by atoms with Crippen LogP contribution in [0.1, 0.15) is 41.7 Å². The summed E-state index contributed by atoms with van der Waals surface area (Å²) in [4.78, 5) is 0.333. The smallest absolute Gasteiger partial charge is 0.206 e. The first-order chi connectivity index (χ1) is 22.0. The predicted octanol–water partition coefficient (Wildman–Crippen LogP) is 9.78. The molecular formula is C40H39NO4S. The van der Waals surface area contributed by atoms with Gasteiger partial charge in [-0.25, -0.2) is 8.42 Å². The standard InChI is InChI=1S/C40H39NO4S/c1-6-9-29-25-31(14-13-28(29)3)40(4,5)32-15-24-39(30(26-32)10-7-2)45-35-18-22-38(23-19-35)46(42,43)37-20-16-34(17-21-37)44-36-12-8-11-33(41)27-36/h6-8,11-27H,1-2,9-10,41H2,3-5H3. The fourth-order valence-corrected chi connectivity index (χ4v) is 6.60. The van der Waals surface area contributed by atoms with Gasteiger partial charge in [0.05, 0.1) is 9.79 Å². The molecule has 46 heavy (non-hydrogen) atoms. The summed E-state index contributed by atoms with van der Waals surface area (Å²) < 4.78 is 38.8. The third-order valence-electron chi connectivity index (χ3n) is 8.17. The van der Waals surface area contributed by atoms with Crippen molar-refractivity contribution in [1.29, 1.82) is 0 Å². The van der Waals surface area contributed by atoms with Crippen LogP contribution in [0.5, 0.6) is 23.0 Å². The molecule has 5 rings (SSSR count). The maximum Gasteiger partial charge on any atom is 0.206 e. The van der Waals surface area contributed by atoms with Crippen LogP contribution in [0.4, 0.5) is 5.69 Å². The third kappa shape index (κ3) is 7.08. The molecule has 0 aliphatic heterocycles. The molecule has 5 nitrogen and oxygen atoms in total. The maximum atomic E-state index is 13.4. The van der Waals surface area contributed by atoms with E-state index in [0.29, 0.717) is 35.1 Å². The Morgan fingerprint density at radius 1 is 0.674 bits per heavy atom. The number of hydrogen-bond donors (Lipinski definition) is 1. The number of sulfone groups is 1. The summed E-state index contributed by atoms with van der Waals surface area (Å²) >= 11 is 0. The average Bonchev–Trinajstić information content (AvgIpc) is 3.03. The molecule has 0 radical (unpaired) electrons. The zero-order valence-electron chi connectivity index (χ0n) is 26.5. The minimum Gasteiger partial charge on any atom is -0.457 e. The number of allylic oxidation sites excluding steroid dienone is 2. The Morgan fingerprint density at radius 3 is 1.80 bits per heavy atom. The number of anilines is 1. The highest BCUT2D eigenvalue weighted by Gasteiger charge is 2.25. The summed E-state index contributed by atoms with van der Waals surface area (Å²) in [6.45, 7) is 14.4. The van der Waals surface area contributed by atoms with E-state index in [9.17, 15) is 8.42 Å². The SMILES string of the molecule is C=CCc1cc(C(C)(C)c2ccc(Oc3ccc(S(=O)(=O)c4ccc(Oc5cccc(N)c5)cc4)cc3)c(CC=C)c2)ccc1C. The van der Waals surface area contributed by atoms with E-state index in [0.717, 1.165) is 17.5 Å². The molecule has 0 saturated carbocycles. The zero-order valence-corrected chi connectivity index (χ0v) is 27.3. The fraction of sp³-hybridized carbons (Fsp3) is 0.150. The third-order valence-corrected chi connectivity index (χ3v) is 9.96. The van der Waals surface area contributed by atoms with E-state index in [1.807, 2.05) is 18.2 Å². The lowest BCUT2D eigenvalue weighted by Crippen LogP contribution is -2.19. The summed E-state index contributed by atoms with van der Waals surface area (Å²) in [6, 6.07) is 32.7. The van der Waals surface area contributed by atoms with Gasteiger partial charge in [0.15, 0.2) is 0 Å². The van der Waals surface area contributed by atoms with Crippen molar-refractivity contribution in [1.82, 2.24) is 0 Å². The molecule has 0 atom stereocenters. The monoisotopic (exact) mass is 629 g/mol. The molecule has 0 unspecified atom stereocenters. The van der Waals surface area contributed by atoms with Crippen molar-refractivity contribution in [3.8, 4) is 23.0 Å². The molecule has 6 heteroatoms. The Morgan fingerprint density at radius 2 is 1.22 bits per heavy atom. The molecule has 0 aromatic heterocycles. The van der Waals surface area contributed by atoms with Crippen molar-refractivity contribution in [3.63, 3.8) is 0 Å². The molecule has 5 aromatic carbocycles. The predicted molar refractivity (Wildman–Crippen MR) is 187 cm³/mol. The first-order valence-corrected chi connectivity index (χ1v) is 16.6. The Hall–Kier alpha value is -5.07. The highest BCUT2D eigenvalue weighted by atomic mass is 32.2. The largest absolute Gasteiger partial charge is 0.457 e. The normalized spacial score (nSPS) is 11.5.